The minimum Gasteiger partial charge on any atom is -0.326 e. The molecule has 3 aromatic rings. The zero-order chi connectivity index (χ0) is 14.8. The second kappa shape index (κ2) is 5.61. The van der Waals surface area contributed by atoms with Crippen molar-refractivity contribution in [2.75, 3.05) is 0 Å². The Hall–Kier alpha value is -2.27. The molecule has 0 amide bonds. The first-order valence-electron chi connectivity index (χ1n) is 7.30. The fourth-order valence-electron chi connectivity index (χ4n) is 2.52. The van der Waals surface area contributed by atoms with Gasteiger partial charge in [0.25, 0.3) is 0 Å². The zero-order valence-electron chi connectivity index (χ0n) is 12.4. The minimum atomic E-state index is 0.428. The van der Waals surface area contributed by atoms with Crippen LogP contribution in [0.1, 0.15) is 31.1 Å². The molecule has 108 valence electrons. The lowest BCUT2D eigenvalue weighted by molar-refractivity contribution is 0.783. The highest BCUT2D eigenvalue weighted by Gasteiger charge is 2.15. The number of benzene rings is 1. The number of nitrogens with zero attached hydrogens (tertiary/aromatic N) is 4. The second-order valence-electron chi connectivity index (χ2n) is 4.92. The van der Waals surface area contributed by atoms with Gasteiger partial charge in [0.2, 0.25) is 0 Å². The van der Waals surface area contributed by atoms with Gasteiger partial charge in [-0.1, -0.05) is 32.0 Å². The molecule has 1 aromatic carbocycles. The van der Waals surface area contributed by atoms with E-state index in [1.807, 2.05) is 29.1 Å². The van der Waals surface area contributed by atoms with Crippen LogP contribution in [0.25, 0.3) is 16.6 Å². The number of aromatic nitrogens is 4. The molecule has 0 aliphatic heterocycles. The molecule has 0 aliphatic carbocycles. The van der Waals surface area contributed by atoms with E-state index in [-0.39, 0.29) is 0 Å². The van der Waals surface area contributed by atoms with E-state index in [0.717, 1.165) is 46.6 Å². The number of rotatable bonds is 4. The van der Waals surface area contributed by atoms with Gasteiger partial charge in [0.1, 0.15) is 5.82 Å². The predicted octanol–water partition coefficient (Wildman–Crippen LogP) is 2.40. The summed E-state index contributed by atoms with van der Waals surface area (Å²) in [4.78, 5) is 9.08. The SMILES string of the molecule is CCc1nc(CC)n(-c2c(CN)cnc3ccccc23)n1. The van der Waals surface area contributed by atoms with Crippen LogP contribution in [0.5, 0.6) is 0 Å². The Morgan fingerprint density at radius 2 is 1.95 bits per heavy atom. The van der Waals surface area contributed by atoms with E-state index in [1.165, 1.54) is 0 Å². The third-order valence-electron chi connectivity index (χ3n) is 3.61. The van der Waals surface area contributed by atoms with Crippen molar-refractivity contribution in [1.82, 2.24) is 19.7 Å². The highest BCUT2D eigenvalue weighted by molar-refractivity contribution is 5.88. The summed E-state index contributed by atoms with van der Waals surface area (Å²) in [5.74, 6) is 1.81. The fraction of sp³-hybridized carbons (Fsp3) is 0.312. The standard InChI is InChI=1S/C16H19N5/c1-3-14-19-15(4-2)21(20-14)16-11(9-17)10-18-13-8-6-5-7-12(13)16/h5-8,10H,3-4,9,17H2,1-2H3. The van der Waals surface area contributed by atoms with E-state index < -0.39 is 0 Å². The highest BCUT2D eigenvalue weighted by Crippen LogP contribution is 2.25. The number of hydrogen-bond acceptors (Lipinski definition) is 4. The molecule has 5 heteroatoms. The average molecular weight is 281 g/mol. The van der Waals surface area contributed by atoms with E-state index in [0.29, 0.717) is 6.54 Å². The van der Waals surface area contributed by atoms with Gasteiger partial charge in [-0.15, -0.1) is 0 Å². The maximum Gasteiger partial charge on any atom is 0.151 e. The maximum absolute atomic E-state index is 5.91. The van der Waals surface area contributed by atoms with Crippen LogP contribution in [0.4, 0.5) is 0 Å². The molecule has 0 saturated heterocycles. The second-order valence-corrected chi connectivity index (χ2v) is 4.92. The summed E-state index contributed by atoms with van der Waals surface area (Å²) in [5.41, 5.74) is 8.84. The Morgan fingerprint density at radius 3 is 2.67 bits per heavy atom. The topological polar surface area (TPSA) is 69.6 Å². The van der Waals surface area contributed by atoms with Crippen molar-refractivity contribution in [3.63, 3.8) is 0 Å². The third kappa shape index (κ3) is 2.29. The van der Waals surface area contributed by atoms with Crippen LogP contribution in [-0.2, 0) is 19.4 Å². The molecule has 2 aromatic heterocycles. The molecule has 0 radical (unpaired) electrons. The number of para-hydroxylation sites is 1. The molecule has 2 heterocycles. The van der Waals surface area contributed by atoms with Crippen LogP contribution < -0.4 is 5.73 Å². The summed E-state index contributed by atoms with van der Waals surface area (Å²) in [6.07, 6.45) is 3.49. The monoisotopic (exact) mass is 281 g/mol. The van der Waals surface area contributed by atoms with Crippen LogP contribution in [0.3, 0.4) is 0 Å². The van der Waals surface area contributed by atoms with E-state index in [4.69, 9.17) is 5.73 Å². The lowest BCUT2D eigenvalue weighted by Gasteiger charge is -2.12. The first-order chi connectivity index (χ1) is 10.3. The van der Waals surface area contributed by atoms with Gasteiger partial charge < -0.3 is 5.73 Å². The van der Waals surface area contributed by atoms with Crippen molar-refractivity contribution in [2.24, 2.45) is 5.73 Å². The van der Waals surface area contributed by atoms with Gasteiger partial charge in [-0.05, 0) is 6.07 Å². The highest BCUT2D eigenvalue weighted by atomic mass is 15.4. The van der Waals surface area contributed by atoms with E-state index in [2.05, 4.69) is 35.0 Å². The Bertz CT molecular complexity index is 775. The summed E-state index contributed by atoms with van der Waals surface area (Å²) < 4.78 is 1.94. The molecule has 0 atom stereocenters. The lowest BCUT2D eigenvalue weighted by atomic mass is 10.1. The number of aryl methyl sites for hydroxylation is 2. The van der Waals surface area contributed by atoms with E-state index in [1.54, 1.807) is 0 Å². The van der Waals surface area contributed by atoms with Crippen LogP contribution in [0, 0.1) is 0 Å². The summed E-state index contributed by atoms with van der Waals surface area (Å²) in [6.45, 7) is 4.58. The van der Waals surface area contributed by atoms with Gasteiger partial charge in [0, 0.05) is 36.5 Å². The van der Waals surface area contributed by atoms with E-state index in [9.17, 15) is 0 Å². The molecule has 5 nitrogen and oxygen atoms in total. The number of nitrogens with two attached hydrogens (primary N) is 1. The van der Waals surface area contributed by atoms with Crippen molar-refractivity contribution in [1.29, 1.82) is 0 Å². The molecule has 3 rings (SSSR count). The molecular weight excluding hydrogens is 262 g/mol. The quantitative estimate of drug-likeness (QED) is 0.797. The van der Waals surface area contributed by atoms with Gasteiger partial charge in [0.15, 0.2) is 5.82 Å². The molecule has 0 bridgehead atoms. The first kappa shape index (κ1) is 13.7. The Balaban J connectivity index is 2.35. The maximum atomic E-state index is 5.91. The van der Waals surface area contributed by atoms with Gasteiger partial charge >= 0.3 is 0 Å². The molecule has 21 heavy (non-hydrogen) atoms. The Morgan fingerprint density at radius 1 is 1.14 bits per heavy atom. The third-order valence-corrected chi connectivity index (χ3v) is 3.61. The minimum absolute atomic E-state index is 0.428. The van der Waals surface area contributed by atoms with Crippen LogP contribution >= 0.6 is 0 Å². The molecule has 0 aliphatic rings. The molecule has 0 fully saturated rings. The normalized spacial score (nSPS) is 11.2. The van der Waals surface area contributed by atoms with Crippen molar-refractivity contribution in [2.45, 2.75) is 33.2 Å². The number of fused-ring (bicyclic) bond motifs is 1. The molecule has 2 N–H and O–H groups in total. The lowest BCUT2D eigenvalue weighted by Crippen LogP contribution is -2.10. The predicted molar refractivity (Wildman–Crippen MR) is 83.3 cm³/mol. The smallest absolute Gasteiger partial charge is 0.151 e. The molecule has 0 unspecified atom stereocenters. The fourth-order valence-corrected chi connectivity index (χ4v) is 2.52. The summed E-state index contributed by atoms with van der Waals surface area (Å²) in [7, 11) is 0. The summed E-state index contributed by atoms with van der Waals surface area (Å²) in [6, 6.07) is 8.06. The molecule has 0 spiro atoms. The summed E-state index contributed by atoms with van der Waals surface area (Å²) in [5, 5.41) is 5.71. The van der Waals surface area contributed by atoms with Gasteiger partial charge in [0.05, 0.1) is 11.2 Å². The number of pyridine rings is 1. The first-order valence-corrected chi connectivity index (χ1v) is 7.30. The molecule has 0 saturated carbocycles. The van der Waals surface area contributed by atoms with Gasteiger partial charge in [-0.2, -0.15) is 5.10 Å². The zero-order valence-corrected chi connectivity index (χ0v) is 12.4. The number of hydrogen-bond donors (Lipinski definition) is 1. The van der Waals surface area contributed by atoms with Crippen LogP contribution in [0.2, 0.25) is 0 Å². The van der Waals surface area contributed by atoms with Gasteiger partial charge in [-0.3, -0.25) is 4.98 Å². The van der Waals surface area contributed by atoms with E-state index >= 15 is 0 Å². The Kier molecular flexibility index (Phi) is 3.66. The van der Waals surface area contributed by atoms with Crippen LogP contribution in [0.15, 0.2) is 30.5 Å². The largest absolute Gasteiger partial charge is 0.326 e. The van der Waals surface area contributed by atoms with Crippen molar-refractivity contribution >= 4 is 10.9 Å². The average Bonchev–Trinajstić information content (AvgIpc) is 2.96. The Labute approximate surface area is 123 Å². The van der Waals surface area contributed by atoms with Crippen molar-refractivity contribution < 1.29 is 0 Å². The van der Waals surface area contributed by atoms with Crippen molar-refractivity contribution in [3.8, 4) is 5.69 Å². The molecular formula is C16H19N5. The van der Waals surface area contributed by atoms with Crippen molar-refractivity contribution in [3.05, 3.63) is 47.7 Å². The van der Waals surface area contributed by atoms with Crippen LogP contribution in [-0.4, -0.2) is 19.7 Å². The van der Waals surface area contributed by atoms with Gasteiger partial charge in [-0.25, -0.2) is 9.67 Å². The summed E-state index contributed by atoms with van der Waals surface area (Å²) >= 11 is 0.